The number of hydrogen-bond acceptors (Lipinski definition) is 6. The maximum Gasteiger partial charge on any atom is 0.321 e. The zero-order chi connectivity index (χ0) is 19.4. The maximum atomic E-state index is 12.1. The molecule has 3 rings (SSSR count). The van der Waals surface area contributed by atoms with Gasteiger partial charge in [-0.3, -0.25) is 5.32 Å². The molecular weight excluding hydrogens is 364 g/mol. The molecule has 8 nitrogen and oxygen atoms in total. The van der Waals surface area contributed by atoms with E-state index in [9.17, 15) is 9.90 Å². The van der Waals surface area contributed by atoms with Gasteiger partial charge in [-0.2, -0.15) is 4.98 Å². The average Bonchev–Trinajstić information content (AvgIpc) is 3.21. The summed E-state index contributed by atoms with van der Waals surface area (Å²) >= 11 is 1.60. The molecule has 0 saturated heterocycles. The van der Waals surface area contributed by atoms with Gasteiger partial charge < -0.3 is 10.4 Å². The topological polar surface area (TPSA) is 104 Å². The summed E-state index contributed by atoms with van der Waals surface area (Å²) in [6.45, 7) is 5.49. The van der Waals surface area contributed by atoms with Crippen LogP contribution in [0.2, 0.25) is 0 Å². The van der Waals surface area contributed by atoms with Crippen LogP contribution in [0.1, 0.15) is 40.0 Å². The first-order valence-electron chi connectivity index (χ1n) is 8.87. The van der Waals surface area contributed by atoms with Crippen molar-refractivity contribution in [1.29, 1.82) is 0 Å². The quantitative estimate of drug-likeness (QED) is 0.576. The summed E-state index contributed by atoms with van der Waals surface area (Å²) in [5, 5.41) is 21.4. The first-order valence-corrected chi connectivity index (χ1v) is 9.75. The molecule has 0 aliphatic carbocycles. The number of rotatable bonds is 7. The number of amides is 2. The highest BCUT2D eigenvalue weighted by atomic mass is 32.1. The van der Waals surface area contributed by atoms with E-state index in [-0.39, 0.29) is 18.0 Å². The maximum absolute atomic E-state index is 12.1. The van der Waals surface area contributed by atoms with Crippen LogP contribution in [-0.4, -0.2) is 42.4 Å². The van der Waals surface area contributed by atoms with Crippen molar-refractivity contribution >= 4 is 29.1 Å². The molecule has 3 aromatic heterocycles. The molecule has 144 valence electrons. The summed E-state index contributed by atoms with van der Waals surface area (Å²) < 4.78 is 1.53. The number of urea groups is 1. The van der Waals surface area contributed by atoms with Crippen LogP contribution < -0.4 is 10.6 Å². The largest absolute Gasteiger partial charge is 0.390 e. The lowest BCUT2D eigenvalue weighted by Crippen LogP contribution is -2.36. The molecule has 3 N–H and O–H groups in total. The average molecular weight is 388 g/mol. The molecule has 3 aromatic rings. The van der Waals surface area contributed by atoms with Crippen LogP contribution in [-0.2, 0) is 0 Å². The molecule has 0 fully saturated rings. The highest BCUT2D eigenvalue weighted by Crippen LogP contribution is 2.22. The number of nitrogens with zero attached hydrogens (tertiary/aromatic N) is 4. The van der Waals surface area contributed by atoms with Crippen LogP contribution in [0.25, 0.3) is 16.3 Å². The number of aromatic nitrogens is 4. The summed E-state index contributed by atoms with van der Waals surface area (Å²) in [5.41, 5.74) is 0.138. The van der Waals surface area contributed by atoms with Gasteiger partial charge in [0, 0.05) is 12.2 Å². The monoisotopic (exact) mass is 388 g/mol. The number of fused-ring (bicyclic) bond motifs is 1. The first-order chi connectivity index (χ1) is 12.8. The third kappa shape index (κ3) is 5.48. The number of carbonyl (C=O) groups excluding carboxylic acids is 1. The summed E-state index contributed by atoms with van der Waals surface area (Å²) in [4.78, 5) is 21.9. The number of nitrogens with one attached hydrogen (secondary N) is 2. The molecule has 9 heteroatoms. The van der Waals surface area contributed by atoms with Gasteiger partial charge in [0.2, 0.25) is 0 Å². The standard InChI is InChI=1S/C18H24N6O2S/c1-12(6-4-9-18(2,3)26)19-17(25)22-15-21-16-20-13(8-10-24(16)23-15)14-7-5-11-27-14/h5,7-8,10-12,26H,4,6,9H2,1-3H3,(H2,19,22,23,25). The minimum Gasteiger partial charge on any atom is -0.390 e. The highest BCUT2D eigenvalue weighted by molar-refractivity contribution is 7.13. The molecule has 0 aliphatic rings. The lowest BCUT2D eigenvalue weighted by Gasteiger charge is -2.19. The van der Waals surface area contributed by atoms with Crippen molar-refractivity contribution in [1.82, 2.24) is 24.9 Å². The third-order valence-electron chi connectivity index (χ3n) is 4.01. The van der Waals surface area contributed by atoms with Crippen molar-refractivity contribution in [2.45, 2.75) is 51.7 Å². The fraction of sp³-hybridized carbons (Fsp3) is 0.444. The summed E-state index contributed by atoms with van der Waals surface area (Å²) in [6, 6.07) is 5.44. The van der Waals surface area contributed by atoms with Gasteiger partial charge in [0.1, 0.15) is 0 Å². The van der Waals surface area contributed by atoms with Gasteiger partial charge in [0.15, 0.2) is 0 Å². The number of hydrogen-bond donors (Lipinski definition) is 3. The second-order valence-electron chi connectivity index (χ2n) is 7.17. The summed E-state index contributed by atoms with van der Waals surface area (Å²) in [7, 11) is 0. The smallest absolute Gasteiger partial charge is 0.321 e. The van der Waals surface area contributed by atoms with Gasteiger partial charge in [-0.25, -0.2) is 14.3 Å². The molecular formula is C18H24N6O2S. The van der Waals surface area contributed by atoms with Gasteiger partial charge in [-0.15, -0.1) is 16.4 Å². The van der Waals surface area contributed by atoms with Gasteiger partial charge in [0.25, 0.3) is 11.7 Å². The molecule has 0 saturated carbocycles. The fourth-order valence-corrected chi connectivity index (χ4v) is 3.36. The molecule has 0 aromatic carbocycles. The third-order valence-corrected chi connectivity index (χ3v) is 4.90. The summed E-state index contributed by atoms with van der Waals surface area (Å²) in [6.07, 6.45) is 4.06. The number of thiophene rings is 1. The Balaban J connectivity index is 1.57. The number of aliphatic hydroxyl groups is 1. The Morgan fingerprint density at radius 2 is 2.19 bits per heavy atom. The minimum atomic E-state index is -0.683. The van der Waals surface area contributed by atoms with E-state index in [0.717, 1.165) is 23.4 Å². The van der Waals surface area contributed by atoms with E-state index in [1.807, 2.05) is 30.5 Å². The normalized spacial score (nSPS) is 12.9. The molecule has 0 bridgehead atoms. The fourth-order valence-electron chi connectivity index (χ4n) is 2.67. The predicted molar refractivity (Wildman–Crippen MR) is 106 cm³/mol. The Kier molecular flexibility index (Phi) is 5.71. The zero-order valence-electron chi connectivity index (χ0n) is 15.6. The molecule has 1 atom stereocenters. The van der Waals surface area contributed by atoms with E-state index in [2.05, 4.69) is 25.7 Å². The van der Waals surface area contributed by atoms with E-state index in [0.29, 0.717) is 12.2 Å². The number of carbonyl (C=O) groups is 1. The zero-order valence-corrected chi connectivity index (χ0v) is 16.5. The van der Waals surface area contributed by atoms with Crippen molar-refractivity contribution < 1.29 is 9.90 Å². The molecule has 27 heavy (non-hydrogen) atoms. The SMILES string of the molecule is CC(CCCC(C)(C)O)NC(=O)Nc1nc2nc(-c3cccs3)ccn2n1. The summed E-state index contributed by atoms with van der Waals surface area (Å²) in [5.74, 6) is 0.626. The van der Waals surface area contributed by atoms with Crippen LogP contribution in [0.4, 0.5) is 10.7 Å². The van der Waals surface area contributed by atoms with Crippen LogP contribution >= 0.6 is 11.3 Å². The van der Waals surface area contributed by atoms with E-state index in [4.69, 9.17) is 0 Å². The number of anilines is 1. The Hall–Kier alpha value is -2.52. The van der Waals surface area contributed by atoms with Crippen LogP contribution in [0, 0.1) is 0 Å². The molecule has 0 radical (unpaired) electrons. The predicted octanol–water partition coefficient (Wildman–Crippen LogP) is 3.30. The highest BCUT2D eigenvalue weighted by Gasteiger charge is 2.15. The van der Waals surface area contributed by atoms with Crippen LogP contribution in [0.3, 0.4) is 0 Å². The second-order valence-corrected chi connectivity index (χ2v) is 8.12. The van der Waals surface area contributed by atoms with Crippen molar-refractivity contribution in [2.75, 3.05) is 5.32 Å². The Morgan fingerprint density at radius 1 is 1.37 bits per heavy atom. The lowest BCUT2D eigenvalue weighted by atomic mass is 10.00. The van der Waals surface area contributed by atoms with Gasteiger partial charge in [-0.1, -0.05) is 6.07 Å². The van der Waals surface area contributed by atoms with Gasteiger partial charge in [-0.05, 0) is 57.5 Å². The first kappa shape index (κ1) is 19.2. The second kappa shape index (κ2) is 8.01. The van der Waals surface area contributed by atoms with E-state index in [1.54, 1.807) is 31.4 Å². The van der Waals surface area contributed by atoms with Crippen LogP contribution in [0.15, 0.2) is 29.8 Å². The lowest BCUT2D eigenvalue weighted by molar-refractivity contribution is 0.0676. The molecule has 0 aliphatic heterocycles. The minimum absolute atomic E-state index is 0.0204. The Morgan fingerprint density at radius 3 is 2.89 bits per heavy atom. The van der Waals surface area contributed by atoms with E-state index >= 15 is 0 Å². The molecule has 2 amide bonds. The molecule has 3 heterocycles. The van der Waals surface area contributed by atoms with E-state index in [1.165, 1.54) is 4.52 Å². The van der Waals surface area contributed by atoms with Crippen molar-refractivity contribution in [3.8, 4) is 10.6 Å². The van der Waals surface area contributed by atoms with Gasteiger partial charge in [0.05, 0.1) is 16.2 Å². The van der Waals surface area contributed by atoms with Crippen LogP contribution in [0.5, 0.6) is 0 Å². The van der Waals surface area contributed by atoms with Crippen molar-refractivity contribution in [2.24, 2.45) is 0 Å². The Bertz CT molecular complexity index is 900. The van der Waals surface area contributed by atoms with Crippen molar-refractivity contribution in [3.63, 3.8) is 0 Å². The molecule has 0 spiro atoms. The van der Waals surface area contributed by atoms with Gasteiger partial charge >= 0.3 is 6.03 Å². The molecule has 1 unspecified atom stereocenters. The Labute approximate surface area is 161 Å². The van der Waals surface area contributed by atoms with Crippen molar-refractivity contribution in [3.05, 3.63) is 29.8 Å². The van der Waals surface area contributed by atoms with E-state index < -0.39 is 5.60 Å².